The van der Waals surface area contributed by atoms with E-state index in [0.29, 0.717) is 5.82 Å². The fraction of sp³-hybridized carbons (Fsp3) is 0.474. The first-order valence-electron chi connectivity index (χ1n) is 9.07. The molecule has 1 amide bonds. The number of benzene rings is 1. The molecule has 3 rings (SSSR count). The number of rotatable bonds is 7. The van der Waals surface area contributed by atoms with Crippen molar-refractivity contribution in [2.45, 2.75) is 50.3 Å². The fourth-order valence-electron chi connectivity index (χ4n) is 3.35. The summed E-state index contributed by atoms with van der Waals surface area (Å²) in [5.74, 6) is 0.302. The van der Waals surface area contributed by atoms with Crippen molar-refractivity contribution < 1.29 is 13.2 Å². The van der Waals surface area contributed by atoms with Crippen molar-refractivity contribution in [1.82, 2.24) is 15.3 Å². The van der Waals surface area contributed by atoms with Crippen LogP contribution in [0.4, 0.5) is 0 Å². The number of sulfone groups is 1. The molecule has 0 bridgehead atoms. The van der Waals surface area contributed by atoms with E-state index in [0.717, 1.165) is 36.9 Å². The van der Waals surface area contributed by atoms with Crippen molar-refractivity contribution in [2.24, 2.45) is 0 Å². The van der Waals surface area contributed by atoms with Gasteiger partial charge in [-0.05, 0) is 25.3 Å². The van der Waals surface area contributed by atoms with Crippen molar-refractivity contribution in [2.75, 3.05) is 5.75 Å². The molecule has 0 saturated heterocycles. The molecule has 2 N–H and O–H groups in total. The van der Waals surface area contributed by atoms with Crippen LogP contribution in [0, 0.1) is 0 Å². The molecular formula is C19H25N3O3S. The van der Waals surface area contributed by atoms with E-state index in [2.05, 4.69) is 15.3 Å². The first-order valence-corrected chi connectivity index (χ1v) is 10.8. The van der Waals surface area contributed by atoms with Crippen LogP contribution in [-0.2, 0) is 14.6 Å². The molecule has 0 radical (unpaired) electrons. The van der Waals surface area contributed by atoms with Crippen LogP contribution < -0.4 is 5.32 Å². The van der Waals surface area contributed by atoms with E-state index in [1.165, 1.54) is 0 Å². The molecule has 140 valence electrons. The van der Waals surface area contributed by atoms with Gasteiger partial charge in [0.1, 0.15) is 5.82 Å². The number of nitrogens with one attached hydrogen (secondary N) is 2. The molecule has 0 aliphatic heterocycles. The van der Waals surface area contributed by atoms with Crippen molar-refractivity contribution in [3.05, 3.63) is 42.4 Å². The largest absolute Gasteiger partial charge is 0.346 e. The molecule has 26 heavy (non-hydrogen) atoms. The van der Waals surface area contributed by atoms with Gasteiger partial charge in [0, 0.05) is 6.42 Å². The molecule has 7 heteroatoms. The summed E-state index contributed by atoms with van der Waals surface area (Å²) >= 11 is 0. The molecule has 1 aliphatic rings. The second-order valence-electron chi connectivity index (χ2n) is 6.86. The summed E-state index contributed by atoms with van der Waals surface area (Å²) in [6.45, 7) is 1.83. The molecule has 1 fully saturated rings. The molecule has 1 aliphatic carbocycles. The predicted molar refractivity (Wildman–Crippen MR) is 101 cm³/mol. The van der Waals surface area contributed by atoms with Gasteiger partial charge < -0.3 is 10.3 Å². The maximum absolute atomic E-state index is 12.3. The third-order valence-corrected chi connectivity index (χ3v) is 7.15. The number of imidazole rings is 1. The zero-order chi connectivity index (χ0) is 18.6. The zero-order valence-corrected chi connectivity index (χ0v) is 15.8. The molecule has 1 atom stereocenters. The van der Waals surface area contributed by atoms with Gasteiger partial charge in [0.05, 0.1) is 28.9 Å². The van der Waals surface area contributed by atoms with Crippen LogP contribution in [0.25, 0.3) is 11.3 Å². The van der Waals surface area contributed by atoms with E-state index in [1.54, 1.807) is 6.20 Å². The van der Waals surface area contributed by atoms with Crippen LogP contribution in [0.1, 0.15) is 50.9 Å². The highest BCUT2D eigenvalue weighted by Gasteiger charge is 2.29. The van der Waals surface area contributed by atoms with E-state index >= 15 is 0 Å². The van der Waals surface area contributed by atoms with Crippen molar-refractivity contribution in [1.29, 1.82) is 0 Å². The van der Waals surface area contributed by atoms with E-state index in [4.69, 9.17) is 0 Å². The van der Waals surface area contributed by atoms with E-state index in [1.807, 2.05) is 37.3 Å². The molecular weight excluding hydrogens is 350 g/mol. The van der Waals surface area contributed by atoms with Gasteiger partial charge in [0.2, 0.25) is 5.91 Å². The molecule has 2 aromatic rings. The van der Waals surface area contributed by atoms with Crippen LogP contribution in [0.5, 0.6) is 0 Å². The SMILES string of the molecule is CC(NC(=O)CCS(=O)(=O)C1CCCC1)c1ncc(-c2ccccc2)[nH]1. The van der Waals surface area contributed by atoms with Crippen LogP contribution in [0.15, 0.2) is 36.5 Å². The number of nitrogens with zero attached hydrogens (tertiary/aromatic N) is 1. The number of hydrogen-bond acceptors (Lipinski definition) is 4. The van der Waals surface area contributed by atoms with Gasteiger partial charge >= 0.3 is 0 Å². The Balaban J connectivity index is 1.54. The lowest BCUT2D eigenvalue weighted by Gasteiger charge is -2.13. The molecule has 1 saturated carbocycles. The average Bonchev–Trinajstić information content (AvgIpc) is 3.33. The number of carbonyl (C=O) groups excluding carboxylic acids is 1. The highest BCUT2D eigenvalue weighted by atomic mass is 32.2. The second kappa shape index (κ2) is 8.03. The van der Waals surface area contributed by atoms with Gasteiger partial charge in [0.25, 0.3) is 0 Å². The first kappa shape index (κ1) is 18.6. The molecule has 1 aromatic heterocycles. The summed E-state index contributed by atoms with van der Waals surface area (Å²) in [4.78, 5) is 19.7. The minimum atomic E-state index is -3.17. The standard InChI is InChI=1S/C19H25N3O3S/c1-14(19-20-13-17(22-19)15-7-3-2-4-8-15)21-18(23)11-12-26(24,25)16-9-5-6-10-16/h2-4,7-8,13-14,16H,5-6,9-12H2,1H3,(H,20,22)(H,21,23). The Morgan fingerprint density at radius 3 is 2.65 bits per heavy atom. The van der Waals surface area contributed by atoms with E-state index in [-0.39, 0.29) is 29.4 Å². The van der Waals surface area contributed by atoms with Crippen LogP contribution in [0.2, 0.25) is 0 Å². The monoisotopic (exact) mass is 375 g/mol. The normalized spacial score (nSPS) is 16.5. The second-order valence-corrected chi connectivity index (χ2v) is 9.26. The highest BCUT2D eigenvalue weighted by Crippen LogP contribution is 2.25. The summed E-state index contributed by atoms with van der Waals surface area (Å²) in [7, 11) is -3.17. The van der Waals surface area contributed by atoms with Gasteiger partial charge in [-0.2, -0.15) is 0 Å². The smallest absolute Gasteiger partial charge is 0.221 e. The Bertz CT molecular complexity index is 840. The maximum Gasteiger partial charge on any atom is 0.221 e. The topological polar surface area (TPSA) is 91.9 Å². The molecule has 1 heterocycles. The summed E-state index contributed by atoms with van der Waals surface area (Å²) in [6.07, 6.45) is 5.13. The summed E-state index contributed by atoms with van der Waals surface area (Å²) in [6, 6.07) is 9.50. The lowest BCUT2D eigenvalue weighted by atomic mass is 10.2. The minimum absolute atomic E-state index is 0.00454. The summed E-state index contributed by atoms with van der Waals surface area (Å²) in [5.41, 5.74) is 1.90. The summed E-state index contributed by atoms with van der Waals surface area (Å²) < 4.78 is 24.5. The Hall–Kier alpha value is -2.15. The summed E-state index contributed by atoms with van der Waals surface area (Å²) in [5, 5.41) is 2.57. The number of carbonyl (C=O) groups is 1. The highest BCUT2D eigenvalue weighted by molar-refractivity contribution is 7.92. The number of H-pyrrole nitrogens is 1. The van der Waals surface area contributed by atoms with Crippen molar-refractivity contribution in [3.8, 4) is 11.3 Å². The van der Waals surface area contributed by atoms with Gasteiger partial charge in [0.15, 0.2) is 9.84 Å². The number of aromatic nitrogens is 2. The van der Waals surface area contributed by atoms with Gasteiger partial charge in [-0.3, -0.25) is 4.79 Å². The average molecular weight is 375 g/mol. The quantitative estimate of drug-likeness (QED) is 0.778. The van der Waals surface area contributed by atoms with Gasteiger partial charge in [-0.15, -0.1) is 0 Å². The predicted octanol–water partition coefficient (Wildman–Crippen LogP) is 3.00. The molecule has 1 unspecified atom stereocenters. The molecule has 1 aromatic carbocycles. The number of amides is 1. The Morgan fingerprint density at radius 1 is 1.27 bits per heavy atom. The third-order valence-electron chi connectivity index (χ3n) is 4.89. The van der Waals surface area contributed by atoms with E-state index < -0.39 is 9.84 Å². The Labute approximate surface area is 154 Å². The Kier molecular flexibility index (Phi) is 5.76. The third kappa shape index (κ3) is 4.52. The maximum atomic E-state index is 12.3. The lowest BCUT2D eigenvalue weighted by Crippen LogP contribution is -2.30. The van der Waals surface area contributed by atoms with Gasteiger partial charge in [-0.1, -0.05) is 43.2 Å². The van der Waals surface area contributed by atoms with Crippen LogP contribution in [-0.4, -0.2) is 35.3 Å². The number of hydrogen-bond donors (Lipinski definition) is 2. The zero-order valence-electron chi connectivity index (χ0n) is 14.9. The van der Waals surface area contributed by atoms with Crippen molar-refractivity contribution in [3.63, 3.8) is 0 Å². The number of aromatic amines is 1. The molecule has 6 nitrogen and oxygen atoms in total. The van der Waals surface area contributed by atoms with E-state index in [9.17, 15) is 13.2 Å². The van der Waals surface area contributed by atoms with Crippen molar-refractivity contribution >= 4 is 15.7 Å². The minimum Gasteiger partial charge on any atom is -0.346 e. The Morgan fingerprint density at radius 2 is 1.96 bits per heavy atom. The van der Waals surface area contributed by atoms with Gasteiger partial charge in [-0.25, -0.2) is 13.4 Å². The van der Waals surface area contributed by atoms with Crippen LogP contribution in [0.3, 0.4) is 0 Å². The first-order chi connectivity index (χ1) is 12.5. The van der Waals surface area contributed by atoms with Crippen LogP contribution >= 0.6 is 0 Å². The fourth-order valence-corrected chi connectivity index (χ4v) is 5.21. The molecule has 0 spiro atoms. The lowest BCUT2D eigenvalue weighted by molar-refractivity contribution is -0.121.